The fraction of sp³-hybridized carbons (Fsp3) is 0.150. The van der Waals surface area contributed by atoms with Crippen LogP contribution in [0.2, 0.25) is 0 Å². The topological polar surface area (TPSA) is 37.0 Å². The van der Waals surface area contributed by atoms with Crippen molar-refractivity contribution in [3.05, 3.63) is 72.9 Å². The summed E-state index contributed by atoms with van der Waals surface area (Å²) in [4.78, 5) is 4.57. The van der Waals surface area contributed by atoms with E-state index >= 15 is 0 Å². The zero-order valence-electron chi connectivity index (χ0n) is 13.5. The minimum absolute atomic E-state index is 0.351. The van der Waals surface area contributed by atoms with Gasteiger partial charge < -0.3 is 10.6 Å². The van der Waals surface area contributed by atoms with Crippen LogP contribution < -0.4 is 10.6 Å². The first-order valence-corrected chi connectivity index (χ1v) is 7.87. The predicted octanol–water partition coefficient (Wildman–Crippen LogP) is 5.31. The lowest BCUT2D eigenvalue weighted by Gasteiger charge is -2.18. The van der Waals surface area contributed by atoms with Crippen molar-refractivity contribution in [2.24, 2.45) is 0 Å². The smallest absolute Gasteiger partial charge is 0.140 e. The van der Waals surface area contributed by atoms with Gasteiger partial charge in [-0.2, -0.15) is 0 Å². The van der Waals surface area contributed by atoms with Crippen molar-refractivity contribution in [2.45, 2.75) is 19.9 Å². The van der Waals surface area contributed by atoms with E-state index in [-0.39, 0.29) is 0 Å². The van der Waals surface area contributed by atoms with Crippen LogP contribution in [0, 0.1) is 0 Å². The average molecular weight is 303 g/mol. The molecule has 3 nitrogen and oxygen atoms in total. The molecule has 0 unspecified atom stereocenters. The lowest BCUT2D eigenvalue weighted by molar-refractivity contribution is 0.899. The maximum absolute atomic E-state index is 4.57. The Hall–Kier alpha value is -2.81. The third kappa shape index (κ3) is 3.69. The Labute approximate surface area is 137 Å². The van der Waals surface area contributed by atoms with E-state index in [0.29, 0.717) is 6.04 Å². The van der Waals surface area contributed by atoms with E-state index in [1.165, 1.54) is 0 Å². The minimum atomic E-state index is 0.351. The Morgan fingerprint density at radius 2 is 1.48 bits per heavy atom. The van der Waals surface area contributed by atoms with Crippen molar-refractivity contribution in [1.29, 1.82) is 0 Å². The fourth-order valence-electron chi connectivity index (χ4n) is 2.54. The number of anilines is 3. The van der Waals surface area contributed by atoms with Gasteiger partial charge >= 0.3 is 0 Å². The molecule has 116 valence electrons. The molecule has 23 heavy (non-hydrogen) atoms. The van der Waals surface area contributed by atoms with Gasteiger partial charge in [0, 0.05) is 29.2 Å². The highest BCUT2D eigenvalue weighted by Crippen LogP contribution is 2.35. The molecule has 2 aromatic carbocycles. The first-order chi connectivity index (χ1) is 11.2. The molecule has 3 rings (SSSR count). The molecule has 1 aromatic heterocycles. The second kappa shape index (κ2) is 6.97. The van der Waals surface area contributed by atoms with E-state index < -0.39 is 0 Å². The molecule has 0 bridgehead atoms. The van der Waals surface area contributed by atoms with Crippen LogP contribution in [0.15, 0.2) is 72.9 Å². The van der Waals surface area contributed by atoms with Gasteiger partial charge in [0.1, 0.15) is 5.82 Å². The molecule has 0 amide bonds. The van der Waals surface area contributed by atoms with E-state index in [4.69, 9.17) is 0 Å². The van der Waals surface area contributed by atoms with Crippen molar-refractivity contribution in [3.8, 4) is 11.1 Å². The molecule has 0 atom stereocenters. The van der Waals surface area contributed by atoms with Gasteiger partial charge in [0.15, 0.2) is 0 Å². The summed E-state index contributed by atoms with van der Waals surface area (Å²) in [6.45, 7) is 4.28. The summed E-state index contributed by atoms with van der Waals surface area (Å²) in [7, 11) is 0. The van der Waals surface area contributed by atoms with E-state index in [1.54, 1.807) is 0 Å². The van der Waals surface area contributed by atoms with E-state index in [2.05, 4.69) is 41.6 Å². The lowest BCUT2D eigenvalue weighted by Crippen LogP contribution is -2.11. The van der Waals surface area contributed by atoms with Crippen molar-refractivity contribution in [3.63, 3.8) is 0 Å². The van der Waals surface area contributed by atoms with E-state index in [1.807, 2.05) is 60.8 Å². The minimum Gasteiger partial charge on any atom is -0.382 e. The molecule has 3 heteroatoms. The van der Waals surface area contributed by atoms with Crippen molar-refractivity contribution in [2.75, 3.05) is 10.6 Å². The Balaban J connectivity index is 2.08. The van der Waals surface area contributed by atoms with Gasteiger partial charge in [0.25, 0.3) is 0 Å². The summed E-state index contributed by atoms with van der Waals surface area (Å²) < 4.78 is 0. The van der Waals surface area contributed by atoms with Gasteiger partial charge in [-0.05, 0) is 37.6 Å². The predicted molar refractivity (Wildman–Crippen MR) is 98.2 cm³/mol. The van der Waals surface area contributed by atoms with Crippen LogP contribution in [0.25, 0.3) is 11.1 Å². The zero-order chi connectivity index (χ0) is 16.1. The number of rotatable bonds is 5. The highest BCUT2D eigenvalue weighted by molar-refractivity contribution is 5.88. The standard InChI is InChI=1S/C20H21N3/c1-15(2)22-18-13-14-21-20(23-17-11-7-4-8-12-17)19(18)16-9-5-3-6-10-16/h3-15H,1-2H3,(H2,21,22,23). The molecule has 0 saturated heterocycles. The molecule has 0 aliphatic rings. The summed E-state index contributed by atoms with van der Waals surface area (Å²) >= 11 is 0. The third-order valence-corrected chi connectivity index (χ3v) is 3.49. The molecule has 2 N–H and O–H groups in total. The van der Waals surface area contributed by atoms with Crippen molar-refractivity contribution in [1.82, 2.24) is 4.98 Å². The molecule has 1 heterocycles. The summed E-state index contributed by atoms with van der Waals surface area (Å²) in [6, 6.07) is 22.8. The first kappa shape index (κ1) is 15.1. The van der Waals surface area contributed by atoms with Crippen LogP contribution in [0.5, 0.6) is 0 Å². The van der Waals surface area contributed by atoms with Crippen LogP contribution in [0.3, 0.4) is 0 Å². The fourth-order valence-corrected chi connectivity index (χ4v) is 2.54. The second-order valence-electron chi connectivity index (χ2n) is 5.74. The largest absolute Gasteiger partial charge is 0.382 e. The maximum Gasteiger partial charge on any atom is 0.140 e. The molecule has 3 aromatic rings. The van der Waals surface area contributed by atoms with E-state index in [0.717, 1.165) is 28.3 Å². The number of nitrogens with one attached hydrogen (secondary N) is 2. The normalized spacial score (nSPS) is 10.6. The van der Waals surface area contributed by atoms with Crippen LogP contribution in [-0.4, -0.2) is 11.0 Å². The molecule has 0 spiro atoms. The number of benzene rings is 2. The number of hydrogen-bond donors (Lipinski definition) is 2. The highest BCUT2D eigenvalue weighted by atomic mass is 15.0. The third-order valence-electron chi connectivity index (χ3n) is 3.49. The Morgan fingerprint density at radius 3 is 2.13 bits per heavy atom. The number of pyridine rings is 1. The van der Waals surface area contributed by atoms with E-state index in [9.17, 15) is 0 Å². The lowest BCUT2D eigenvalue weighted by atomic mass is 10.0. The van der Waals surface area contributed by atoms with Crippen molar-refractivity contribution < 1.29 is 0 Å². The van der Waals surface area contributed by atoms with Gasteiger partial charge in [0.2, 0.25) is 0 Å². The average Bonchev–Trinajstić information content (AvgIpc) is 2.56. The Bertz CT molecular complexity index is 752. The monoisotopic (exact) mass is 303 g/mol. The van der Waals surface area contributed by atoms with Crippen LogP contribution >= 0.6 is 0 Å². The maximum atomic E-state index is 4.57. The number of nitrogens with zero attached hydrogens (tertiary/aromatic N) is 1. The first-order valence-electron chi connectivity index (χ1n) is 7.87. The Kier molecular flexibility index (Phi) is 4.57. The number of para-hydroxylation sites is 1. The summed E-state index contributed by atoms with van der Waals surface area (Å²) in [5.74, 6) is 0.855. The summed E-state index contributed by atoms with van der Waals surface area (Å²) in [6.07, 6.45) is 1.84. The molecular weight excluding hydrogens is 282 g/mol. The number of hydrogen-bond acceptors (Lipinski definition) is 3. The van der Waals surface area contributed by atoms with Crippen LogP contribution in [-0.2, 0) is 0 Å². The molecule has 0 aliphatic heterocycles. The van der Waals surface area contributed by atoms with Crippen molar-refractivity contribution >= 4 is 17.2 Å². The zero-order valence-corrected chi connectivity index (χ0v) is 13.5. The van der Waals surface area contributed by atoms with Gasteiger partial charge in [-0.1, -0.05) is 48.5 Å². The SMILES string of the molecule is CC(C)Nc1ccnc(Nc2ccccc2)c1-c1ccccc1. The molecule has 0 fully saturated rings. The van der Waals surface area contributed by atoms with Crippen LogP contribution in [0.1, 0.15) is 13.8 Å². The van der Waals surface area contributed by atoms with Gasteiger partial charge in [-0.15, -0.1) is 0 Å². The molecular formula is C20H21N3. The quantitative estimate of drug-likeness (QED) is 0.670. The number of aromatic nitrogens is 1. The van der Waals surface area contributed by atoms with Gasteiger partial charge in [-0.25, -0.2) is 4.98 Å². The molecule has 0 radical (unpaired) electrons. The highest BCUT2D eigenvalue weighted by Gasteiger charge is 2.13. The van der Waals surface area contributed by atoms with Gasteiger partial charge in [-0.3, -0.25) is 0 Å². The van der Waals surface area contributed by atoms with Gasteiger partial charge in [0.05, 0.1) is 0 Å². The summed E-state index contributed by atoms with van der Waals surface area (Å²) in [5, 5.41) is 6.95. The molecule has 0 saturated carbocycles. The molecule has 0 aliphatic carbocycles. The Morgan fingerprint density at radius 1 is 0.826 bits per heavy atom. The van der Waals surface area contributed by atoms with Crippen LogP contribution in [0.4, 0.5) is 17.2 Å². The second-order valence-corrected chi connectivity index (χ2v) is 5.74. The summed E-state index contributed by atoms with van der Waals surface area (Å²) in [5.41, 5.74) is 4.34.